The highest BCUT2D eigenvalue weighted by Gasteiger charge is 2.07. The second-order valence-corrected chi connectivity index (χ2v) is 4.41. The second kappa shape index (κ2) is 6.65. The number of hydrogen-bond acceptors (Lipinski definition) is 3. The Morgan fingerprint density at radius 2 is 1.90 bits per heavy atom. The quantitative estimate of drug-likeness (QED) is 0.670. The first-order valence-electron chi connectivity index (χ1n) is 6.52. The van der Waals surface area contributed by atoms with Crippen LogP contribution in [0.2, 0.25) is 0 Å². The van der Waals surface area contributed by atoms with Crippen LogP contribution >= 0.6 is 0 Å². The summed E-state index contributed by atoms with van der Waals surface area (Å²) in [5, 5.41) is 13.3. The van der Waals surface area contributed by atoms with Crippen LogP contribution in [0.3, 0.4) is 0 Å². The van der Waals surface area contributed by atoms with Crippen LogP contribution < -0.4 is 5.43 Å². The van der Waals surface area contributed by atoms with Crippen LogP contribution in [0, 0.1) is 5.82 Å². The van der Waals surface area contributed by atoms with Crippen LogP contribution in [0.1, 0.15) is 29.3 Å². The fourth-order valence-electron chi connectivity index (χ4n) is 1.81. The lowest BCUT2D eigenvalue weighted by Gasteiger charge is -2.05. The van der Waals surface area contributed by atoms with Crippen molar-refractivity contribution in [3.63, 3.8) is 0 Å². The van der Waals surface area contributed by atoms with Crippen LogP contribution in [0.15, 0.2) is 53.6 Å². The minimum absolute atomic E-state index is 0.165. The van der Waals surface area contributed by atoms with Crippen molar-refractivity contribution in [1.82, 2.24) is 5.43 Å². The summed E-state index contributed by atoms with van der Waals surface area (Å²) in [5.41, 5.74) is 4.09. The van der Waals surface area contributed by atoms with Gasteiger partial charge in [-0.1, -0.05) is 13.0 Å². The predicted octanol–water partition coefficient (Wildman–Crippen LogP) is 3.08. The first-order chi connectivity index (χ1) is 10.1. The molecule has 0 aliphatic carbocycles. The van der Waals surface area contributed by atoms with Crippen molar-refractivity contribution in [1.29, 1.82) is 0 Å². The predicted molar refractivity (Wildman–Crippen MR) is 78.8 cm³/mol. The molecule has 21 heavy (non-hydrogen) atoms. The van der Waals surface area contributed by atoms with E-state index in [4.69, 9.17) is 0 Å². The molecule has 0 aromatic heterocycles. The molecule has 0 saturated heterocycles. The number of nitrogens with zero attached hydrogens (tertiary/aromatic N) is 1. The molecule has 5 heteroatoms. The van der Waals surface area contributed by atoms with E-state index in [2.05, 4.69) is 10.5 Å². The molecule has 0 aliphatic heterocycles. The molecule has 0 heterocycles. The lowest BCUT2D eigenvalue weighted by atomic mass is 10.1. The lowest BCUT2D eigenvalue weighted by molar-refractivity contribution is 0.0954. The Hall–Kier alpha value is -2.69. The summed E-state index contributed by atoms with van der Waals surface area (Å²) in [4.78, 5) is 11.9. The molecule has 2 aromatic carbocycles. The lowest BCUT2D eigenvalue weighted by Crippen LogP contribution is -2.20. The van der Waals surface area contributed by atoms with Gasteiger partial charge in [0.15, 0.2) is 0 Å². The number of carbonyl (C=O) groups is 1. The van der Waals surface area contributed by atoms with E-state index in [1.54, 1.807) is 24.3 Å². The van der Waals surface area contributed by atoms with Crippen LogP contribution in [0.5, 0.6) is 5.75 Å². The van der Waals surface area contributed by atoms with Gasteiger partial charge in [0.2, 0.25) is 0 Å². The molecule has 0 spiro atoms. The number of benzene rings is 2. The van der Waals surface area contributed by atoms with Gasteiger partial charge in [-0.05, 0) is 54.4 Å². The van der Waals surface area contributed by atoms with E-state index in [-0.39, 0.29) is 11.3 Å². The molecule has 0 unspecified atom stereocenters. The van der Waals surface area contributed by atoms with Gasteiger partial charge >= 0.3 is 0 Å². The number of nitrogens with one attached hydrogen (secondary N) is 1. The van der Waals surface area contributed by atoms with Gasteiger partial charge in [-0.15, -0.1) is 0 Å². The van der Waals surface area contributed by atoms with E-state index >= 15 is 0 Å². The Bertz CT molecular complexity index is 666. The van der Waals surface area contributed by atoms with E-state index in [1.165, 1.54) is 18.2 Å². The van der Waals surface area contributed by atoms with Gasteiger partial charge < -0.3 is 5.11 Å². The molecular formula is C16H15FN2O2. The van der Waals surface area contributed by atoms with Crippen LogP contribution in [0.25, 0.3) is 0 Å². The highest BCUT2D eigenvalue weighted by Crippen LogP contribution is 2.12. The fraction of sp³-hybridized carbons (Fsp3) is 0.125. The summed E-state index contributed by atoms with van der Waals surface area (Å²) in [6, 6.07) is 11.9. The van der Waals surface area contributed by atoms with Crippen molar-refractivity contribution in [3.8, 4) is 5.75 Å². The fourth-order valence-corrected chi connectivity index (χ4v) is 1.81. The Labute approximate surface area is 121 Å². The Kier molecular flexibility index (Phi) is 4.66. The number of hydrogen-bond donors (Lipinski definition) is 2. The summed E-state index contributed by atoms with van der Waals surface area (Å²) in [6.07, 6.45) is 0.605. The van der Waals surface area contributed by atoms with Gasteiger partial charge in [0.05, 0.1) is 5.71 Å². The van der Waals surface area contributed by atoms with Crippen molar-refractivity contribution in [3.05, 3.63) is 65.5 Å². The zero-order valence-electron chi connectivity index (χ0n) is 11.5. The summed E-state index contributed by atoms with van der Waals surface area (Å²) < 4.78 is 13.1. The number of rotatable bonds is 4. The largest absolute Gasteiger partial charge is 0.508 e. The van der Waals surface area contributed by atoms with Crippen molar-refractivity contribution in [2.24, 2.45) is 5.10 Å². The number of halogens is 1. The number of carbonyl (C=O) groups excluding carboxylic acids is 1. The van der Waals surface area contributed by atoms with Crippen LogP contribution in [0.4, 0.5) is 4.39 Å². The maximum Gasteiger partial charge on any atom is 0.271 e. The smallest absolute Gasteiger partial charge is 0.271 e. The zero-order chi connectivity index (χ0) is 15.2. The summed E-state index contributed by atoms with van der Waals surface area (Å²) >= 11 is 0. The molecule has 2 aromatic rings. The third kappa shape index (κ3) is 3.89. The summed E-state index contributed by atoms with van der Waals surface area (Å²) in [6.45, 7) is 1.90. The number of aromatic hydroxyl groups is 1. The number of amides is 1. The Morgan fingerprint density at radius 3 is 2.52 bits per heavy atom. The zero-order valence-corrected chi connectivity index (χ0v) is 11.5. The average Bonchev–Trinajstić information content (AvgIpc) is 2.49. The molecule has 0 saturated carbocycles. The second-order valence-electron chi connectivity index (χ2n) is 4.41. The maximum absolute atomic E-state index is 13.1. The van der Waals surface area contributed by atoms with Crippen molar-refractivity contribution in [2.75, 3.05) is 0 Å². The maximum atomic E-state index is 13.1. The number of phenols is 1. The highest BCUT2D eigenvalue weighted by molar-refractivity contribution is 6.02. The molecule has 0 bridgehead atoms. The molecule has 0 aliphatic rings. The Morgan fingerprint density at radius 1 is 1.19 bits per heavy atom. The number of hydrazone groups is 1. The van der Waals surface area contributed by atoms with E-state index < -0.39 is 11.7 Å². The van der Waals surface area contributed by atoms with E-state index in [9.17, 15) is 14.3 Å². The SMILES string of the molecule is CCC(=NNC(=O)c1cccc(F)c1)c1ccc(O)cc1. The third-order valence-electron chi connectivity index (χ3n) is 2.91. The molecule has 1 amide bonds. The van der Waals surface area contributed by atoms with Gasteiger partial charge in [0.1, 0.15) is 11.6 Å². The summed E-state index contributed by atoms with van der Waals surface area (Å²) in [5.74, 6) is -0.780. The van der Waals surface area contributed by atoms with E-state index in [0.29, 0.717) is 12.1 Å². The molecule has 108 valence electrons. The highest BCUT2D eigenvalue weighted by atomic mass is 19.1. The average molecular weight is 286 g/mol. The van der Waals surface area contributed by atoms with Gasteiger partial charge in [-0.25, -0.2) is 9.82 Å². The van der Waals surface area contributed by atoms with Gasteiger partial charge in [0.25, 0.3) is 5.91 Å². The van der Waals surface area contributed by atoms with Gasteiger partial charge in [-0.3, -0.25) is 4.79 Å². The van der Waals surface area contributed by atoms with Crippen molar-refractivity contribution in [2.45, 2.75) is 13.3 Å². The van der Waals surface area contributed by atoms with Gasteiger partial charge in [-0.2, -0.15) is 5.10 Å². The normalized spacial score (nSPS) is 11.2. The van der Waals surface area contributed by atoms with Crippen molar-refractivity contribution < 1.29 is 14.3 Å². The van der Waals surface area contributed by atoms with E-state index in [0.717, 1.165) is 11.6 Å². The molecule has 2 N–H and O–H groups in total. The minimum atomic E-state index is -0.473. The van der Waals surface area contributed by atoms with Gasteiger partial charge in [0, 0.05) is 5.56 Å². The molecule has 0 radical (unpaired) electrons. The topological polar surface area (TPSA) is 61.7 Å². The number of phenolic OH excluding ortho intramolecular Hbond substituents is 1. The third-order valence-corrected chi connectivity index (χ3v) is 2.91. The first-order valence-corrected chi connectivity index (χ1v) is 6.52. The molecule has 0 atom stereocenters. The monoisotopic (exact) mass is 286 g/mol. The summed E-state index contributed by atoms with van der Waals surface area (Å²) in [7, 11) is 0. The molecule has 2 rings (SSSR count). The Balaban J connectivity index is 2.14. The molecule has 0 fully saturated rings. The van der Waals surface area contributed by atoms with Crippen LogP contribution in [-0.2, 0) is 0 Å². The first kappa shape index (κ1) is 14.7. The van der Waals surface area contributed by atoms with Crippen molar-refractivity contribution >= 4 is 11.6 Å². The van der Waals surface area contributed by atoms with E-state index in [1.807, 2.05) is 6.92 Å². The standard InChI is InChI=1S/C16H15FN2O2/c1-2-15(11-6-8-14(20)9-7-11)18-19-16(21)12-4-3-5-13(17)10-12/h3-10,20H,2H2,1H3,(H,19,21). The minimum Gasteiger partial charge on any atom is -0.508 e. The molecule has 4 nitrogen and oxygen atoms in total. The molecular weight excluding hydrogens is 271 g/mol. The van der Waals surface area contributed by atoms with Crippen LogP contribution in [-0.4, -0.2) is 16.7 Å².